The first-order chi connectivity index (χ1) is 7.66. The predicted octanol–water partition coefficient (Wildman–Crippen LogP) is 2.97. The Kier molecular flexibility index (Phi) is 2.95. The Morgan fingerprint density at radius 1 is 1.06 bits per heavy atom. The third-order valence-electron chi connectivity index (χ3n) is 2.40. The second-order valence-electron chi connectivity index (χ2n) is 4.15. The van der Waals surface area contributed by atoms with E-state index in [2.05, 4.69) is 28.8 Å². The molecule has 3 nitrogen and oxygen atoms in total. The van der Waals surface area contributed by atoms with E-state index >= 15 is 0 Å². The second-order valence-corrected chi connectivity index (χ2v) is 4.15. The van der Waals surface area contributed by atoms with Gasteiger partial charge in [0.25, 0.3) is 0 Å². The van der Waals surface area contributed by atoms with E-state index in [-0.39, 0.29) is 0 Å². The van der Waals surface area contributed by atoms with Gasteiger partial charge in [-0.3, -0.25) is 4.98 Å². The first kappa shape index (κ1) is 10.7. The minimum absolute atomic E-state index is 0.419. The number of hydrogen-bond acceptors (Lipinski definition) is 3. The van der Waals surface area contributed by atoms with Crippen LogP contribution in [0.25, 0.3) is 11.4 Å². The largest absolute Gasteiger partial charge is 0.265 e. The zero-order valence-electron chi connectivity index (χ0n) is 9.81. The summed E-state index contributed by atoms with van der Waals surface area (Å²) in [5.41, 5.74) is 3.10. The molecule has 0 spiro atoms. The molecule has 0 saturated heterocycles. The van der Waals surface area contributed by atoms with Crippen molar-refractivity contribution in [3.63, 3.8) is 0 Å². The molecule has 16 heavy (non-hydrogen) atoms. The molecule has 0 bridgehead atoms. The van der Waals surface area contributed by atoms with Crippen molar-refractivity contribution in [3.05, 3.63) is 42.0 Å². The third kappa shape index (κ3) is 2.24. The summed E-state index contributed by atoms with van der Waals surface area (Å²) in [5, 5.41) is 0. The lowest BCUT2D eigenvalue weighted by Gasteiger charge is -2.08. The van der Waals surface area contributed by atoms with Crippen LogP contribution in [0.2, 0.25) is 0 Å². The maximum absolute atomic E-state index is 4.56. The van der Waals surface area contributed by atoms with E-state index in [0.717, 1.165) is 22.8 Å². The smallest absolute Gasteiger partial charge is 0.159 e. The van der Waals surface area contributed by atoms with Gasteiger partial charge in [0.05, 0.1) is 0 Å². The van der Waals surface area contributed by atoms with E-state index in [0.29, 0.717) is 5.92 Å². The lowest BCUT2D eigenvalue weighted by molar-refractivity contribution is 0.812. The summed E-state index contributed by atoms with van der Waals surface area (Å²) in [6, 6.07) is 5.90. The molecular formula is C13H15N3. The number of aryl methyl sites for hydroxylation is 1. The predicted molar refractivity (Wildman–Crippen MR) is 64.1 cm³/mol. The average Bonchev–Trinajstić information content (AvgIpc) is 2.29. The molecule has 3 heteroatoms. The molecule has 0 aliphatic heterocycles. The SMILES string of the molecule is Cc1cc(C(C)C)nc(-c2ccncc2)n1. The van der Waals surface area contributed by atoms with Crippen molar-refractivity contribution in [3.8, 4) is 11.4 Å². The number of aromatic nitrogens is 3. The molecule has 0 atom stereocenters. The highest BCUT2D eigenvalue weighted by atomic mass is 14.9. The van der Waals surface area contributed by atoms with Crippen molar-refractivity contribution < 1.29 is 0 Å². The standard InChI is InChI=1S/C13H15N3/c1-9(2)12-8-10(3)15-13(16-12)11-4-6-14-7-5-11/h4-9H,1-3H3. The van der Waals surface area contributed by atoms with E-state index in [4.69, 9.17) is 0 Å². The van der Waals surface area contributed by atoms with Crippen molar-refractivity contribution in [1.29, 1.82) is 0 Å². The summed E-state index contributed by atoms with van der Waals surface area (Å²) in [4.78, 5) is 13.0. The molecule has 0 unspecified atom stereocenters. The van der Waals surface area contributed by atoms with E-state index in [9.17, 15) is 0 Å². The van der Waals surface area contributed by atoms with Crippen LogP contribution in [0, 0.1) is 6.92 Å². The highest BCUT2D eigenvalue weighted by Crippen LogP contribution is 2.18. The van der Waals surface area contributed by atoms with E-state index in [1.807, 2.05) is 25.1 Å². The Balaban J connectivity index is 2.50. The molecule has 0 fully saturated rings. The monoisotopic (exact) mass is 213 g/mol. The van der Waals surface area contributed by atoms with Crippen molar-refractivity contribution in [2.75, 3.05) is 0 Å². The van der Waals surface area contributed by atoms with Gasteiger partial charge in [-0.25, -0.2) is 9.97 Å². The number of nitrogens with zero attached hydrogens (tertiary/aromatic N) is 3. The number of hydrogen-bond donors (Lipinski definition) is 0. The Labute approximate surface area is 95.6 Å². The van der Waals surface area contributed by atoms with Crippen LogP contribution in [0.5, 0.6) is 0 Å². The quantitative estimate of drug-likeness (QED) is 0.769. The molecule has 2 aromatic rings. The third-order valence-corrected chi connectivity index (χ3v) is 2.40. The highest BCUT2D eigenvalue weighted by molar-refractivity contribution is 5.54. The Morgan fingerprint density at radius 3 is 2.38 bits per heavy atom. The van der Waals surface area contributed by atoms with Crippen LogP contribution in [0.4, 0.5) is 0 Å². The summed E-state index contributed by atoms with van der Waals surface area (Å²) < 4.78 is 0. The number of pyridine rings is 1. The Morgan fingerprint density at radius 2 is 1.75 bits per heavy atom. The molecule has 0 amide bonds. The summed E-state index contributed by atoms with van der Waals surface area (Å²) in [6.45, 7) is 6.27. The summed E-state index contributed by atoms with van der Waals surface area (Å²) in [5.74, 6) is 1.20. The minimum Gasteiger partial charge on any atom is -0.265 e. The second kappa shape index (κ2) is 4.39. The summed E-state index contributed by atoms with van der Waals surface area (Å²) >= 11 is 0. The molecule has 0 N–H and O–H groups in total. The van der Waals surface area contributed by atoms with Gasteiger partial charge < -0.3 is 0 Å². The molecule has 0 aliphatic rings. The molecular weight excluding hydrogens is 198 g/mol. The minimum atomic E-state index is 0.419. The average molecular weight is 213 g/mol. The van der Waals surface area contributed by atoms with E-state index < -0.39 is 0 Å². The fourth-order valence-electron chi connectivity index (χ4n) is 1.52. The molecule has 2 heterocycles. The van der Waals surface area contributed by atoms with Crippen LogP contribution in [0.3, 0.4) is 0 Å². The van der Waals surface area contributed by atoms with Crippen LogP contribution in [0.15, 0.2) is 30.6 Å². The first-order valence-corrected chi connectivity index (χ1v) is 5.43. The van der Waals surface area contributed by atoms with Crippen molar-refractivity contribution >= 4 is 0 Å². The zero-order chi connectivity index (χ0) is 11.5. The Bertz CT molecular complexity index is 478. The topological polar surface area (TPSA) is 38.7 Å². The van der Waals surface area contributed by atoms with Gasteiger partial charge in [0.15, 0.2) is 5.82 Å². The van der Waals surface area contributed by atoms with E-state index in [1.54, 1.807) is 12.4 Å². The van der Waals surface area contributed by atoms with Gasteiger partial charge in [0, 0.05) is 29.3 Å². The molecule has 0 aliphatic carbocycles. The summed E-state index contributed by atoms with van der Waals surface area (Å²) in [6.07, 6.45) is 3.52. The van der Waals surface area contributed by atoms with Crippen LogP contribution < -0.4 is 0 Å². The fourth-order valence-corrected chi connectivity index (χ4v) is 1.52. The maximum Gasteiger partial charge on any atom is 0.159 e. The van der Waals surface area contributed by atoms with Gasteiger partial charge in [-0.15, -0.1) is 0 Å². The lowest BCUT2D eigenvalue weighted by Crippen LogP contribution is -1.99. The Hall–Kier alpha value is -1.77. The number of rotatable bonds is 2. The summed E-state index contributed by atoms with van der Waals surface area (Å²) in [7, 11) is 0. The van der Waals surface area contributed by atoms with Gasteiger partial charge in [0.1, 0.15) is 0 Å². The molecule has 82 valence electrons. The van der Waals surface area contributed by atoms with Crippen LogP contribution in [-0.2, 0) is 0 Å². The van der Waals surface area contributed by atoms with Crippen LogP contribution in [0.1, 0.15) is 31.2 Å². The molecule has 0 radical (unpaired) electrons. The van der Waals surface area contributed by atoms with Crippen LogP contribution in [-0.4, -0.2) is 15.0 Å². The highest BCUT2D eigenvalue weighted by Gasteiger charge is 2.07. The van der Waals surface area contributed by atoms with Gasteiger partial charge >= 0.3 is 0 Å². The van der Waals surface area contributed by atoms with Crippen LogP contribution >= 0.6 is 0 Å². The van der Waals surface area contributed by atoms with Crippen molar-refractivity contribution in [1.82, 2.24) is 15.0 Å². The molecule has 0 aromatic carbocycles. The first-order valence-electron chi connectivity index (χ1n) is 5.43. The van der Waals surface area contributed by atoms with Gasteiger partial charge in [-0.05, 0) is 31.0 Å². The normalized spacial score (nSPS) is 10.8. The lowest BCUT2D eigenvalue weighted by atomic mass is 10.1. The van der Waals surface area contributed by atoms with Gasteiger partial charge in [-0.2, -0.15) is 0 Å². The fraction of sp³-hybridized carbons (Fsp3) is 0.308. The molecule has 2 aromatic heterocycles. The van der Waals surface area contributed by atoms with Gasteiger partial charge in [0.2, 0.25) is 0 Å². The van der Waals surface area contributed by atoms with Crippen molar-refractivity contribution in [2.24, 2.45) is 0 Å². The van der Waals surface area contributed by atoms with Gasteiger partial charge in [-0.1, -0.05) is 13.8 Å². The van der Waals surface area contributed by atoms with E-state index in [1.165, 1.54) is 0 Å². The van der Waals surface area contributed by atoms with Crippen molar-refractivity contribution in [2.45, 2.75) is 26.7 Å². The molecule has 2 rings (SSSR count). The zero-order valence-corrected chi connectivity index (χ0v) is 9.81. The molecule has 0 saturated carbocycles. The maximum atomic E-state index is 4.56.